The number of para-hydroxylation sites is 1. The second-order valence-corrected chi connectivity index (χ2v) is 5.50. The van der Waals surface area contributed by atoms with Gasteiger partial charge in [-0.3, -0.25) is 0 Å². The fourth-order valence-electron chi connectivity index (χ4n) is 2.12. The summed E-state index contributed by atoms with van der Waals surface area (Å²) in [4.78, 5) is 0. The molecule has 2 rings (SSSR count). The van der Waals surface area contributed by atoms with Crippen molar-refractivity contribution in [1.82, 2.24) is 0 Å². The van der Waals surface area contributed by atoms with Crippen LogP contribution in [0.5, 0.6) is 11.5 Å². The molecule has 0 amide bonds. The zero-order valence-corrected chi connectivity index (χ0v) is 12.6. The first-order valence-electron chi connectivity index (χ1n) is 7.04. The molecule has 1 atom stereocenters. The number of hydrogen-bond donors (Lipinski definition) is 1. The van der Waals surface area contributed by atoms with Crippen LogP contribution in [-0.2, 0) is 0 Å². The van der Waals surface area contributed by atoms with Gasteiger partial charge in [0, 0.05) is 5.56 Å². The molecule has 0 aliphatic carbocycles. The number of aliphatic hydroxyl groups is 1. The van der Waals surface area contributed by atoms with Crippen LogP contribution in [0.15, 0.2) is 42.5 Å². The third-order valence-electron chi connectivity index (χ3n) is 3.47. The molecule has 1 N–H and O–H groups in total. The largest absolute Gasteiger partial charge is 0.457 e. The average Bonchev–Trinajstić information content (AvgIpc) is 2.41. The Kier molecular flexibility index (Phi) is 4.46. The second kappa shape index (κ2) is 6.10. The van der Waals surface area contributed by atoms with Crippen LogP contribution in [0, 0.1) is 6.92 Å². The molecular weight excluding hydrogens is 248 g/mol. The van der Waals surface area contributed by atoms with E-state index in [1.54, 1.807) is 6.92 Å². The van der Waals surface area contributed by atoms with E-state index in [1.807, 2.05) is 31.2 Å². The van der Waals surface area contributed by atoms with Gasteiger partial charge in [-0.15, -0.1) is 0 Å². The highest BCUT2D eigenvalue weighted by Gasteiger charge is 2.11. The minimum absolute atomic E-state index is 0.463. The Labute approximate surface area is 121 Å². The van der Waals surface area contributed by atoms with E-state index in [0.717, 1.165) is 16.9 Å². The highest BCUT2D eigenvalue weighted by atomic mass is 16.5. The Morgan fingerprint density at radius 2 is 1.65 bits per heavy atom. The Balaban J connectivity index is 2.37. The predicted molar refractivity (Wildman–Crippen MR) is 82.4 cm³/mol. The Bertz CT molecular complexity index is 586. The van der Waals surface area contributed by atoms with Crippen molar-refractivity contribution >= 4 is 0 Å². The lowest BCUT2D eigenvalue weighted by atomic mass is 10.0. The third-order valence-corrected chi connectivity index (χ3v) is 3.47. The minimum atomic E-state index is -0.542. The summed E-state index contributed by atoms with van der Waals surface area (Å²) in [7, 11) is 0. The van der Waals surface area contributed by atoms with E-state index in [-0.39, 0.29) is 0 Å². The minimum Gasteiger partial charge on any atom is -0.457 e. The van der Waals surface area contributed by atoms with Crippen LogP contribution in [0.1, 0.15) is 49.5 Å². The Morgan fingerprint density at radius 1 is 0.950 bits per heavy atom. The smallest absolute Gasteiger partial charge is 0.133 e. The summed E-state index contributed by atoms with van der Waals surface area (Å²) in [5, 5.41) is 9.81. The Morgan fingerprint density at radius 3 is 2.30 bits per heavy atom. The highest BCUT2D eigenvalue weighted by molar-refractivity contribution is 5.43. The van der Waals surface area contributed by atoms with Crippen molar-refractivity contribution in [1.29, 1.82) is 0 Å². The maximum Gasteiger partial charge on any atom is 0.133 e. The van der Waals surface area contributed by atoms with Crippen molar-refractivity contribution < 1.29 is 9.84 Å². The van der Waals surface area contributed by atoms with E-state index in [9.17, 15) is 5.11 Å². The molecule has 0 aromatic heterocycles. The van der Waals surface area contributed by atoms with Gasteiger partial charge in [-0.2, -0.15) is 0 Å². The molecule has 20 heavy (non-hydrogen) atoms. The van der Waals surface area contributed by atoms with Gasteiger partial charge >= 0.3 is 0 Å². The lowest BCUT2D eigenvalue weighted by Gasteiger charge is -2.16. The van der Waals surface area contributed by atoms with Crippen LogP contribution in [-0.4, -0.2) is 5.11 Å². The molecule has 2 aromatic carbocycles. The SMILES string of the molecule is Cc1ccc(C(C)C)cc1Oc1ccccc1C(C)O. The molecule has 0 aliphatic heterocycles. The first-order chi connectivity index (χ1) is 9.49. The van der Waals surface area contributed by atoms with E-state index in [2.05, 4.69) is 32.0 Å². The van der Waals surface area contributed by atoms with E-state index < -0.39 is 6.10 Å². The number of ether oxygens (including phenoxy) is 1. The summed E-state index contributed by atoms with van der Waals surface area (Å²) in [5.74, 6) is 2.03. The standard InChI is InChI=1S/C18H22O2/c1-12(2)15-10-9-13(3)18(11-15)20-17-8-6-5-7-16(17)14(4)19/h5-12,14,19H,1-4H3. The van der Waals surface area contributed by atoms with Gasteiger partial charge in [-0.05, 0) is 43.0 Å². The number of aryl methyl sites for hydroxylation is 1. The lowest BCUT2D eigenvalue weighted by molar-refractivity contribution is 0.195. The fraction of sp³-hybridized carbons (Fsp3) is 0.333. The first-order valence-corrected chi connectivity index (χ1v) is 7.04. The normalized spacial score (nSPS) is 12.5. The molecule has 0 fully saturated rings. The molecule has 2 heteroatoms. The van der Waals surface area contributed by atoms with Gasteiger partial charge < -0.3 is 9.84 Å². The van der Waals surface area contributed by atoms with Crippen molar-refractivity contribution in [2.75, 3.05) is 0 Å². The van der Waals surface area contributed by atoms with Crippen LogP contribution in [0.3, 0.4) is 0 Å². The second-order valence-electron chi connectivity index (χ2n) is 5.50. The number of hydrogen-bond acceptors (Lipinski definition) is 2. The third kappa shape index (κ3) is 3.20. The van der Waals surface area contributed by atoms with Crippen LogP contribution >= 0.6 is 0 Å². The molecule has 2 aromatic rings. The average molecular weight is 270 g/mol. The summed E-state index contributed by atoms with van der Waals surface area (Å²) >= 11 is 0. The summed E-state index contributed by atoms with van der Waals surface area (Å²) in [5.41, 5.74) is 3.15. The molecule has 0 saturated heterocycles. The van der Waals surface area contributed by atoms with Crippen LogP contribution in [0.2, 0.25) is 0 Å². The molecule has 106 valence electrons. The highest BCUT2D eigenvalue weighted by Crippen LogP contribution is 2.32. The van der Waals surface area contributed by atoms with Crippen molar-refractivity contribution in [2.24, 2.45) is 0 Å². The van der Waals surface area contributed by atoms with Gasteiger partial charge in [-0.25, -0.2) is 0 Å². The van der Waals surface area contributed by atoms with Gasteiger partial charge in [0.1, 0.15) is 11.5 Å². The molecule has 0 bridgehead atoms. The van der Waals surface area contributed by atoms with E-state index in [4.69, 9.17) is 4.74 Å². The quantitative estimate of drug-likeness (QED) is 0.850. The molecule has 0 aliphatic rings. The van der Waals surface area contributed by atoms with Crippen molar-refractivity contribution in [2.45, 2.75) is 39.7 Å². The number of rotatable bonds is 4. The lowest BCUT2D eigenvalue weighted by Crippen LogP contribution is -1.97. The van der Waals surface area contributed by atoms with Crippen molar-refractivity contribution in [3.05, 3.63) is 59.2 Å². The summed E-state index contributed by atoms with van der Waals surface area (Å²) in [6.45, 7) is 8.11. The van der Waals surface area contributed by atoms with E-state index >= 15 is 0 Å². The number of aliphatic hydroxyl groups excluding tert-OH is 1. The van der Waals surface area contributed by atoms with Crippen LogP contribution in [0.25, 0.3) is 0 Å². The maximum absolute atomic E-state index is 9.81. The molecule has 0 saturated carbocycles. The summed E-state index contributed by atoms with van der Waals surface area (Å²) < 4.78 is 6.03. The van der Waals surface area contributed by atoms with Gasteiger partial charge in [0.25, 0.3) is 0 Å². The molecule has 2 nitrogen and oxygen atoms in total. The molecular formula is C18H22O2. The zero-order chi connectivity index (χ0) is 14.7. The summed E-state index contributed by atoms with van der Waals surface area (Å²) in [6.07, 6.45) is -0.542. The monoisotopic (exact) mass is 270 g/mol. The van der Waals surface area contributed by atoms with Gasteiger partial charge in [-0.1, -0.05) is 44.2 Å². The molecule has 0 spiro atoms. The van der Waals surface area contributed by atoms with Crippen molar-refractivity contribution in [3.8, 4) is 11.5 Å². The molecule has 0 heterocycles. The van der Waals surface area contributed by atoms with E-state index in [0.29, 0.717) is 11.7 Å². The number of benzene rings is 2. The molecule has 0 radical (unpaired) electrons. The predicted octanol–water partition coefficient (Wildman–Crippen LogP) is 4.96. The van der Waals surface area contributed by atoms with Gasteiger partial charge in [0.05, 0.1) is 6.10 Å². The Hall–Kier alpha value is -1.80. The topological polar surface area (TPSA) is 29.5 Å². The van der Waals surface area contributed by atoms with Gasteiger partial charge in [0.2, 0.25) is 0 Å². The van der Waals surface area contributed by atoms with Crippen LogP contribution < -0.4 is 4.74 Å². The first kappa shape index (κ1) is 14.6. The van der Waals surface area contributed by atoms with Crippen LogP contribution in [0.4, 0.5) is 0 Å². The summed E-state index contributed by atoms with van der Waals surface area (Å²) in [6, 6.07) is 13.9. The zero-order valence-electron chi connectivity index (χ0n) is 12.6. The van der Waals surface area contributed by atoms with Crippen molar-refractivity contribution in [3.63, 3.8) is 0 Å². The van der Waals surface area contributed by atoms with Gasteiger partial charge in [0.15, 0.2) is 0 Å². The van der Waals surface area contributed by atoms with E-state index in [1.165, 1.54) is 5.56 Å². The maximum atomic E-state index is 9.81. The fourth-order valence-corrected chi connectivity index (χ4v) is 2.12. The molecule has 1 unspecified atom stereocenters.